The molecule has 1 aromatic heterocycles. The number of halogens is 2. The third kappa shape index (κ3) is 1.73. The Labute approximate surface area is 73.2 Å². The second-order valence-electron chi connectivity index (χ2n) is 1.33. The maximum absolute atomic E-state index is 8.58. The Balaban J connectivity index is 2.98. The minimum Gasteiger partial charge on any atom is -0.389 e. The summed E-state index contributed by atoms with van der Waals surface area (Å²) in [5.74, 6) is 0. The zero-order chi connectivity index (χ0) is 6.85. The molecule has 0 aliphatic rings. The number of aliphatic hydroxyl groups is 1. The van der Waals surface area contributed by atoms with Crippen molar-refractivity contribution < 1.29 is 5.11 Å². The lowest BCUT2D eigenvalue weighted by molar-refractivity contribution is 0.281. The fourth-order valence-corrected chi connectivity index (χ4v) is 2.15. The van der Waals surface area contributed by atoms with E-state index in [0.717, 1.165) is 8.39 Å². The highest BCUT2D eigenvalue weighted by Gasteiger charge is 2.03. The lowest BCUT2D eigenvalue weighted by atomic mass is 10.8. The van der Waals surface area contributed by atoms with Gasteiger partial charge in [0.15, 0.2) is 0 Å². The highest BCUT2D eigenvalue weighted by Crippen LogP contribution is 2.28. The third-order valence-electron chi connectivity index (χ3n) is 0.728. The van der Waals surface area contributed by atoms with Crippen molar-refractivity contribution in [1.82, 2.24) is 4.98 Å². The lowest BCUT2D eigenvalue weighted by Crippen LogP contribution is -1.76. The normalized spacial score (nSPS) is 10.1. The highest BCUT2D eigenvalue weighted by atomic mass is 79.9. The van der Waals surface area contributed by atoms with E-state index in [9.17, 15) is 0 Å². The minimum atomic E-state index is 0.00880. The van der Waals surface area contributed by atoms with Gasteiger partial charge in [-0.2, -0.15) is 0 Å². The molecule has 0 amide bonds. The van der Waals surface area contributed by atoms with Gasteiger partial charge < -0.3 is 5.11 Å². The summed E-state index contributed by atoms with van der Waals surface area (Å²) in [7, 11) is 0. The first kappa shape index (κ1) is 7.65. The SMILES string of the molecule is OCc1nc(Br)c(Br)s1. The van der Waals surface area contributed by atoms with E-state index < -0.39 is 0 Å². The van der Waals surface area contributed by atoms with Gasteiger partial charge in [0.2, 0.25) is 0 Å². The van der Waals surface area contributed by atoms with Crippen molar-refractivity contribution >= 4 is 43.2 Å². The Morgan fingerprint density at radius 1 is 1.56 bits per heavy atom. The van der Waals surface area contributed by atoms with Gasteiger partial charge >= 0.3 is 0 Å². The summed E-state index contributed by atoms with van der Waals surface area (Å²) in [4.78, 5) is 3.97. The van der Waals surface area contributed by atoms with Gasteiger partial charge in [0, 0.05) is 0 Å². The van der Waals surface area contributed by atoms with Crippen LogP contribution < -0.4 is 0 Å². The third-order valence-corrected chi connectivity index (χ3v) is 3.79. The molecule has 0 atom stereocenters. The summed E-state index contributed by atoms with van der Waals surface area (Å²) in [5, 5.41) is 9.30. The Hall–Kier alpha value is 0.550. The van der Waals surface area contributed by atoms with E-state index in [2.05, 4.69) is 36.8 Å². The molecule has 1 N–H and O–H groups in total. The molecule has 1 aromatic rings. The molecule has 1 heterocycles. The molecule has 0 saturated carbocycles. The maximum atomic E-state index is 8.58. The monoisotopic (exact) mass is 271 g/mol. The fraction of sp³-hybridized carbons (Fsp3) is 0.250. The molecular formula is C4H3Br2NOS. The van der Waals surface area contributed by atoms with Gasteiger partial charge in [-0.25, -0.2) is 4.98 Å². The van der Waals surface area contributed by atoms with Crippen molar-refractivity contribution in [1.29, 1.82) is 0 Å². The van der Waals surface area contributed by atoms with E-state index in [1.165, 1.54) is 11.3 Å². The quantitative estimate of drug-likeness (QED) is 0.850. The molecular weight excluding hydrogens is 270 g/mol. The number of hydrogen-bond donors (Lipinski definition) is 1. The first-order valence-corrected chi connectivity index (χ1v) is 4.56. The molecule has 0 aliphatic carbocycles. The van der Waals surface area contributed by atoms with E-state index in [-0.39, 0.29) is 6.61 Å². The summed E-state index contributed by atoms with van der Waals surface area (Å²) < 4.78 is 1.68. The highest BCUT2D eigenvalue weighted by molar-refractivity contribution is 9.13. The smallest absolute Gasteiger partial charge is 0.131 e. The van der Waals surface area contributed by atoms with Crippen LogP contribution in [0.3, 0.4) is 0 Å². The average molecular weight is 273 g/mol. The number of rotatable bonds is 1. The first-order valence-electron chi connectivity index (χ1n) is 2.15. The number of aromatic nitrogens is 1. The molecule has 2 nitrogen and oxygen atoms in total. The molecule has 0 radical (unpaired) electrons. The predicted octanol–water partition coefficient (Wildman–Crippen LogP) is 2.16. The first-order chi connectivity index (χ1) is 4.24. The van der Waals surface area contributed by atoms with Crippen LogP contribution in [0.15, 0.2) is 8.39 Å². The van der Waals surface area contributed by atoms with E-state index >= 15 is 0 Å². The van der Waals surface area contributed by atoms with Crippen LogP contribution in [0.4, 0.5) is 0 Å². The van der Waals surface area contributed by atoms with Crippen LogP contribution in [-0.4, -0.2) is 10.1 Å². The van der Waals surface area contributed by atoms with Crippen LogP contribution in [0.2, 0.25) is 0 Å². The Kier molecular flexibility index (Phi) is 2.63. The van der Waals surface area contributed by atoms with Crippen molar-refractivity contribution in [2.45, 2.75) is 6.61 Å². The number of aliphatic hydroxyl groups excluding tert-OH is 1. The number of nitrogens with zero attached hydrogens (tertiary/aromatic N) is 1. The van der Waals surface area contributed by atoms with Crippen LogP contribution in [0.5, 0.6) is 0 Å². The zero-order valence-electron chi connectivity index (χ0n) is 4.27. The van der Waals surface area contributed by atoms with Gasteiger partial charge in [-0.3, -0.25) is 0 Å². The van der Waals surface area contributed by atoms with E-state index in [1.807, 2.05) is 0 Å². The van der Waals surface area contributed by atoms with E-state index in [4.69, 9.17) is 5.11 Å². The maximum Gasteiger partial charge on any atom is 0.131 e. The zero-order valence-corrected chi connectivity index (χ0v) is 8.25. The molecule has 0 spiro atoms. The van der Waals surface area contributed by atoms with Crippen molar-refractivity contribution in [2.24, 2.45) is 0 Å². The average Bonchev–Trinajstić information content (AvgIpc) is 2.13. The molecule has 0 saturated heterocycles. The van der Waals surface area contributed by atoms with Crippen LogP contribution in [-0.2, 0) is 6.61 Å². The van der Waals surface area contributed by atoms with Crippen molar-refractivity contribution in [3.63, 3.8) is 0 Å². The van der Waals surface area contributed by atoms with Crippen molar-refractivity contribution in [2.75, 3.05) is 0 Å². The molecule has 5 heteroatoms. The summed E-state index contributed by atoms with van der Waals surface area (Å²) in [6.45, 7) is 0.00880. The van der Waals surface area contributed by atoms with Gasteiger partial charge in [0.25, 0.3) is 0 Å². The van der Waals surface area contributed by atoms with Crippen molar-refractivity contribution in [3.8, 4) is 0 Å². The number of thiazole rings is 1. The van der Waals surface area contributed by atoms with E-state index in [0.29, 0.717) is 5.01 Å². The van der Waals surface area contributed by atoms with Gasteiger partial charge in [-0.05, 0) is 31.9 Å². The summed E-state index contributed by atoms with van der Waals surface area (Å²) in [6, 6.07) is 0. The molecule has 0 bridgehead atoms. The van der Waals surface area contributed by atoms with Crippen LogP contribution in [0.25, 0.3) is 0 Å². The lowest BCUT2D eigenvalue weighted by Gasteiger charge is -1.78. The Bertz CT molecular complexity index is 193. The largest absolute Gasteiger partial charge is 0.389 e. The Morgan fingerprint density at radius 3 is 2.44 bits per heavy atom. The predicted molar refractivity (Wildman–Crippen MR) is 43.4 cm³/mol. The van der Waals surface area contributed by atoms with Gasteiger partial charge in [-0.1, -0.05) is 0 Å². The number of hydrogen-bond acceptors (Lipinski definition) is 3. The molecule has 0 unspecified atom stereocenters. The summed E-state index contributed by atoms with van der Waals surface area (Å²) in [6.07, 6.45) is 0. The summed E-state index contributed by atoms with van der Waals surface area (Å²) in [5.41, 5.74) is 0. The minimum absolute atomic E-state index is 0.00880. The van der Waals surface area contributed by atoms with Gasteiger partial charge in [-0.15, -0.1) is 11.3 Å². The van der Waals surface area contributed by atoms with Crippen LogP contribution in [0, 0.1) is 0 Å². The standard InChI is InChI=1S/C4H3Br2NOS/c5-3-4(6)9-2(1-8)7-3/h8H,1H2. The van der Waals surface area contributed by atoms with Crippen LogP contribution in [0.1, 0.15) is 5.01 Å². The topological polar surface area (TPSA) is 33.1 Å². The second kappa shape index (κ2) is 3.09. The molecule has 9 heavy (non-hydrogen) atoms. The van der Waals surface area contributed by atoms with Gasteiger partial charge in [0.05, 0.1) is 6.61 Å². The molecule has 0 fully saturated rings. The second-order valence-corrected chi connectivity index (χ2v) is 4.48. The fourth-order valence-electron chi connectivity index (χ4n) is 0.389. The van der Waals surface area contributed by atoms with Crippen molar-refractivity contribution in [3.05, 3.63) is 13.4 Å². The Morgan fingerprint density at radius 2 is 2.22 bits per heavy atom. The molecule has 0 aromatic carbocycles. The molecule has 0 aliphatic heterocycles. The van der Waals surface area contributed by atoms with Crippen LogP contribution >= 0.6 is 43.2 Å². The molecule has 50 valence electrons. The summed E-state index contributed by atoms with van der Waals surface area (Å²) >= 11 is 7.88. The van der Waals surface area contributed by atoms with E-state index in [1.54, 1.807) is 0 Å². The van der Waals surface area contributed by atoms with Gasteiger partial charge in [0.1, 0.15) is 13.4 Å². The molecule has 1 rings (SSSR count).